The molecule has 0 saturated carbocycles. The summed E-state index contributed by atoms with van der Waals surface area (Å²) in [6.07, 6.45) is 8.33. The van der Waals surface area contributed by atoms with Gasteiger partial charge in [-0.3, -0.25) is 0 Å². The summed E-state index contributed by atoms with van der Waals surface area (Å²) in [6.45, 7) is 2.98. The predicted octanol–water partition coefficient (Wildman–Crippen LogP) is 3.41. The van der Waals surface area contributed by atoms with Gasteiger partial charge in [-0.25, -0.2) is 4.98 Å². The number of nitrogens with zero attached hydrogens (tertiary/aromatic N) is 1. The summed E-state index contributed by atoms with van der Waals surface area (Å²) in [5.41, 5.74) is 6.27. The zero-order valence-corrected chi connectivity index (χ0v) is 11.5. The normalized spacial score (nSPS) is 23.6. The predicted molar refractivity (Wildman–Crippen MR) is 72.9 cm³/mol. The van der Waals surface area contributed by atoms with Crippen LogP contribution in [0.25, 0.3) is 0 Å². The van der Waals surface area contributed by atoms with E-state index in [0.29, 0.717) is 30.0 Å². The van der Waals surface area contributed by atoms with Gasteiger partial charge < -0.3 is 10.5 Å². The molecule has 2 rings (SSSR count). The Morgan fingerprint density at radius 3 is 2.94 bits per heavy atom. The number of halogens is 1. The van der Waals surface area contributed by atoms with E-state index < -0.39 is 0 Å². The maximum atomic E-state index is 5.75. The molecule has 0 aliphatic heterocycles. The van der Waals surface area contributed by atoms with Gasteiger partial charge in [-0.15, -0.1) is 0 Å². The molecule has 2 atom stereocenters. The maximum Gasteiger partial charge on any atom is 0.228 e. The lowest BCUT2D eigenvalue weighted by Gasteiger charge is -2.25. The summed E-state index contributed by atoms with van der Waals surface area (Å²) >= 11 is 3.41. The minimum atomic E-state index is 0.575. The van der Waals surface area contributed by atoms with E-state index >= 15 is 0 Å². The quantitative estimate of drug-likeness (QED) is 0.870. The van der Waals surface area contributed by atoms with E-state index in [1.54, 1.807) is 6.20 Å². The Kier molecular flexibility index (Phi) is 4.05. The number of nitrogen functional groups attached to an aromatic ring is 1. The first-order chi connectivity index (χ1) is 8.16. The molecule has 1 aliphatic rings. The number of aromatic nitrogens is 1. The third-order valence-corrected chi connectivity index (χ3v) is 3.75. The van der Waals surface area contributed by atoms with Gasteiger partial charge in [0.15, 0.2) is 0 Å². The second-order valence-electron chi connectivity index (χ2n) is 4.55. The molecule has 0 saturated heterocycles. The lowest BCUT2D eigenvalue weighted by Crippen LogP contribution is -2.21. The minimum absolute atomic E-state index is 0.575. The highest BCUT2D eigenvalue weighted by Gasteiger charge is 2.19. The van der Waals surface area contributed by atoms with Crippen molar-refractivity contribution in [1.82, 2.24) is 4.98 Å². The molecule has 0 radical (unpaired) electrons. The van der Waals surface area contributed by atoms with Crippen molar-refractivity contribution in [3.05, 3.63) is 28.9 Å². The molecule has 0 aromatic carbocycles. The SMILES string of the molecule is CC1CC=CCC1COc1ncc(N)cc1Br. The van der Waals surface area contributed by atoms with E-state index in [-0.39, 0.29) is 0 Å². The molecule has 2 N–H and O–H groups in total. The Balaban J connectivity index is 1.95. The average Bonchev–Trinajstić information content (AvgIpc) is 2.30. The summed E-state index contributed by atoms with van der Waals surface area (Å²) in [5, 5.41) is 0. The van der Waals surface area contributed by atoms with E-state index in [9.17, 15) is 0 Å². The first kappa shape index (κ1) is 12.4. The molecule has 0 fully saturated rings. The van der Waals surface area contributed by atoms with Crippen molar-refractivity contribution in [2.24, 2.45) is 11.8 Å². The molecule has 17 heavy (non-hydrogen) atoms. The second-order valence-corrected chi connectivity index (χ2v) is 5.40. The molecule has 1 heterocycles. The number of ether oxygens (including phenoxy) is 1. The molecule has 4 heteroatoms. The van der Waals surface area contributed by atoms with Crippen LogP contribution in [0.4, 0.5) is 5.69 Å². The van der Waals surface area contributed by atoms with Crippen LogP contribution in [0.1, 0.15) is 19.8 Å². The van der Waals surface area contributed by atoms with Crippen LogP contribution in [0, 0.1) is 11.8 Å². The van der Waals surface area contributed by atoms with Gasteiger partial charge in [0.05, 0.1) is 23.0 Å². The summed E-state index contributed by atoms with van der Waals surface area (Å²) < 4.78 is 6.57. The highest BCUT2D eigenvalue weighted by atomic mass is 79.9. The molecular formula is C13H17BrN2O. The van der Waals surface area contributed by atoms with Crippen LogP contribution in [-0.2, 0) is 0 Å². The number of allylic oxidation sites excluding steroid dienone is 2. The average molecular weight is 297 g/mol. The Labute approximate surface area is 110 Å². The summed E-state index contributed by atoms with van der Waals surface area (Å²) in [5.74, 6) is 1.87. The molecule has 1 aromatic rings. The Bertz CT molecular complexity index is 420. The van der Waals surface area contributed by atoms with Gasteiger partial charge in [-0.05, 0) is 46.7 Å². The fourth-order valence-corrected chi connectivity index (χ4v) is 2.45. The van der Waals surface area contributed by atoms with Crippen molar-refractivity contribution in [1.29, 1.82) is 0 Å². The highest BCUT2D eigenvalue weighted by Crippen LogP contribution is 2.28. The number of hydrogen-bond acceptors (Lipinski definition) is 3. The van der Waals surface area contributed by atoms with Crippen molar-refractivity contribution in [2.75, 3.05) is 12.3 Å². The van der Waals surface area contributed by atoms with Crippen LogP contribution < -0.4 is 10.5 Å². The van der Waals surface area contributed by atoms with Crippen LogP contribution in [-0.4, -0.2) is 11.6 Å². The monoisotopic (exact) mass is 296 g/mol. The largest absolute Gasteiger partial charge is 0.477 e. The molecule has 3 nitrogen and oxygen atoms in total. The smallest absolute Gasteiger partial charge is 0.228 e. The van der Waals surface area contributed by atoms with Crippen LogP contribution in [0.15, 0.2) is 28.9 Å². The highest BCUT2D eigenvalue weighted by molar-refractivity contribution is 9.10. The minimum Gasteiger partial charge on any atom is -0.477 e. The van der Waals surface area contributed by atoms with Crippen LogP contribution in [0.2, 0.25) is 0 Å². The molecule has 0 bridgehead atoms. The van der Waals surface area contributed by atoms with E-state index in [1.165, 1.54) is 0 Å². The summed E-state index contributed by atoms with van der Waals surface area (Å²) in [6, 6.07) is 1.81. The number of pyridine rings is 1. The Morgan fingerprint density at radius 1 is 1.47 bits per heavy atom. The van der Waals surface area contributed by atoms with E-state index in [1.807, 2.05) is 6.07 Å². The van der Waals surface area contributed by atoms with Crippen molar-refractivity contribution in [3.8, 4) is 5.88 Å². The van der Waals surface area contributed by atoms with Gasteiger partial charge in [0.25, 0.3) is 0 Å². The lowest BCUT2D eigenvalue weighted by molar-refractivity contribution is 0.192. The first-order valence-corrected chi connectivity index (χ1v) is 6.65. The molecule has 1 aliphatic carbocycles. The van der Waals surface area contributed by atoms with E-state index in [2.05, 4.69) is 40.0 Å². The number of nitrogens with two attached hydrogens (primary N) is 1. The fraction of sp³-hybridized carbons (Fsp3) is 0.462. The standard InChI is InChI=1S/C13H17BrN2O/c1-9-4-2-3-5-10(9)8-17-13-12(14)6-11(15)7-16-13/h2-3,6-7,9-10H,4-5,8,15H2,1H3. The van der Waals surface area contributed by atoms with Crippen LogP contribution >= 0.6 is 15.9 Å². The molecule has 0 spiro atoms. The number of hydrogen-bond donors (Lipinski definition) is 1. The maximum absolute atomic E-state index is 5.75. The second kappa shape index (κ2) is 5.54. The zero-order chi connectivity index (χ0) is 12.3. The fourth-order valence-electron chi connectivity index (χ4n) is 1.97. The van der Waals surface area contributed by atoms with Gasteiger partial charge in [0.2, 0.25) is 5.88 Å². The topological polar surface area (TPSA) is 48.1 Å². The van der Waals surface area contributed by atoms with Gasteiger partial charge in [-0.2, -0.15) is 0 Å². The van der Waals surface area contributed by atoms with Gasteiger partial charge in [-0.1, -0.05) is 19.1 Å². The first-order valence-electron chi connectivity index (χ1n) is 5.85. The summed E-state index contributed by atoms with van der Waals surface area (Å²) in [4.78, 5) is 4.18. The Morgan fingerprint density at radius 2 is 2.24 bits per heavy atom. The molecule has 1 aromatic heterocycles. The molecular weight excluding hydrogens is 280 g/mol. The van der Waals surface area contributed by atoms with Gasteiger partial charge in [0.1, 0.15) is 0 Å². The van der Waals surface area contributed by atoms with Gasteiger partial charge >= 0.3 is 0 Å². The lowest BCUT2D eigenvalue weighted by atomic mass is 9.85. The van der Waals surface area contributed by atoms with Crippen LogP contribution in [0.3, 0.4) is 0 Å². The van der Waals surface area contributed by atoms with E-state index in [0.717, 1.165) is 17.3 Å². The molecule has 0 amide bonds. The third-order valence-electron chi connectivity index (χ3n) is 3.18. The zero-order valence-electron chi connectivity index (χ0n) is 9.90. The summed E-state index contributed by atoms with van der Waals surface area (Å²) in [7, 11) is 0. The third kappa shape index (κ3) is 3.22. The number of anilines is 1. The van der Waals surface area contributed by atoms with Gasteiger partial charge in [0, 0.05) is 0 Å². The molecule has 2 unspecified atom stereocenters. The van der Waals surface area contributed by atoms with Crippen molar-refractivity contribution in [3.63, 3.8) is 0 Å². The van der Waals surface area contributed by atoms with E-state index in [4.69, 9.17) is 10.5 Å². The number of rotatable bonds is 3. The van der Waals surface area contributed by atoms with Crippen LogP contribution in [0.5, 0.6) is 5.88 Å². The van der Waals surface area contributed by atoms with Crippen molar-refractivity contribution >= 4 is 21.6 Å². The van der Waals surface area contributed by atoms with Crippen molar-refractivity contribution < 1.29 is 4.74 Å². The Hall–Kier alpha value is -1.03. The van der Waals surface area contributed by atoms with Crippen molar-refractivity contribution in [2.45, 2.75) is 19.8 Å². The molecule has 92 valence electrons.